The molecule has 96 valence electrons. The van der Waals surface area contributed by atoms with Gasteiger partial charge in [0.2, 0.25) is 5.91 Å². The highest BCUT2D eigenvalue weighted by Gasteiger charge is 2.28. The summed E-state index contributed by atoms with van der Waals surface area (Å²) in [6.07, 6.45) is 4.82. The second-order valence-electron chi connectivity index (χ2n) is 5.49. The second kappa shape index (κ2) is 6.64. The standard InChI is InChI=1S/C14H24N2O/c1-11(2)16(10-4-9-15)14(17)13-7-5-12(3)6-8-13/h11-13H,4-8,10H2,1-3H3. The fourth-order valence-corrected chi connectivity index (χ4v) is 2.53. The van der Waals surface area contributed by atoms with E-state index in [0.29, 0.717) is 13.0 Å². The Labute approximate surface area is 105 Å². The molecule has 1 aliphatic rings. The second-order valence-corrected chi connectivity index (χ2v) is 5.49. The van der Waals surface area contributed by atoms with Gasteiger partial charge in [0.15, 0.2) is 0 Å². The van der Waals surface area contributed by atoms with Gasteiger partial charge in [0.05, 0.1) is 12.5 Å². The van der Waals surface area contributed by atoms with Gasteiger partial charge in [-0.2, -0.15) is 5.26 Å². The summed E-state index contributed by atoms with van der Waals surface area (Å²) in [5.41, 5.74) is 0. The summed E-state index contributed by atoms with van der Waals surface area (Å²) in [5, 5.41) is 8.64. The van der Waals surface area contributed by atoms with Crippen LogP contribution in [0.15, 0.2) is 0 Å². The molecule has 0 aromatic heterocycles. The zero-order chi connectivity index (χ0) is 12.8. The smallest absolute Gasteiger partial charge is 0.225 e. The van der Waals surface area contributed by atoms with E-state index in [-0.39, 0.29) is 17.9 Å². The van der Waals surface area contributed by atoms with E-state index in [1.165, 1.54) is 12.8 Å². The molecule has 3 nitrogen and oxygen atoms in total. The van der Waals surface area contributed by atoms with Crippen molar-refractivity contribution in [2.24, 2.45) is 11.8 Å². The topological polar surface area (TPSA) is 44.1 Å². The number of hydrogen-bond donors (Lipinski definition) is 0. The van der Waals surface area contributed by atoms with Crippen LogP contribution >= 0.6 is 0 Å². The van der Waals surface area contributed by atoms with Gasteiger partial charge in [0.1, 0.15) is 0 Å². The van der Waals surface area contributed by atoms with Gasteiger partial charge in [-0.05, 0) is 45.4 Å². The van der Waals surface area contributed by atoms with Crippen LogP contribution in [0.5, 0.6) is 0 Å². The van der Waals surface area contributed by atoms with Crippen LogP contribution in [0, 0.1) is 23.2 Å². The first kappa shape index (κ1) is 14.0. The molecule has 0 N–H and O–H groups in total. The van der Waals surface area contributed by atoms with Gasteiger partial charge in [-0.25, -0.2) is 0 Å². The third-order valence-corrected chi connectivity index (χ3v) is 3.74. The Morgan fingerprint density at radius 1 is 1.35 bits per heavy atom. The van der Waals surface area contributed by atoms with Gasteiger partial charge in [0, 0.05) is 18.5 Å². The third-order valence-electron chi connectivity index (χ3n) is 3.74. The summed E-state index contributed by atoms with van der Waals surface area (Å²) in [6.45, 7) is 6.90. The van der Waals surface area contributed by atoms with Crippen LogP contribution < -0.4 is 0 Å². The third kappa shape index (κ3) is 4.03. The van der Waals surface area contributed by atoms with Gasteiger partial charge in [0.25, 0.3) is 0 Å². The highest BCUT2D eigenvalue weighted by atomic mass is 16.2. The fourth-order valence-electron chi connectivity index (χ4n) is 2.53. The van der Waals surface area contributed by atoms with E-state index < -0.39 is 0 Å². The molecular weight excluding hydrogens is 212 g/mol. The van der Waals surface area contributed by atoms with Crippen molar-refractivity contribution in [1.29, 1.82) is 5.26 Å². The molecule has 0 atom stereocenters. The average Bonchev–Trinajstić information content (AvgIpc) is 2.29. The van der Waals surface area contributed by atoms with Gasteiger partial charge >= 0.3 is 0 Å². The molecule has 1 saturated carbocycles. The van der Waals surface area contributed by atoms with Crippen LogP contribution in [-0.2, 0) is 4.79 Å². The van der Waals surface area contributed by atoms with Crippen molar-refractivity contribution in [3.63, 3.8) is 0 Å². The van der Waals surface area contributed by atoms with Crippen molar-refractivity contribution in [3.8, 4) is 6.07 Å². The molecule has 0 spiro atoms. The highest BCUT2D eigenvalue weighted by molar-refractivity contribution is 5.79. The molecule has 0 bridgehead atoms. The van der Waals surface area contributed by atoms with Gasteiger partial charge in [-0.1, -0.05) is 6.92 Å². The Hall–Kier alpha value is -1.04. The van der Waals surface area contributed by atoms with Crippen molar-refractivity contribution in [1.82, 2.24) is 4.90 Å². The van der Waals surface area contributed by atoms with Crippen molar-refractivity contribution >= 4 is 5.91 Å². The van der Waals surface area contributed by atoms with Crippen molar-refractivity contribution in [2.75, 3.05) is 6.54 Å². The van der Waals surface area contributed by atoms with Crippen LogP contribution in [0.1, 0.15) is 52.9 Å². The van der Waals surface area contributed by atoms with E-state index in [1.807, 2.05) is 18.7 Å². The van der Waals surface area contributed by atoms with E-state index in [4.69, 9.17) is 5.26 Å². The lowest BCUT2D eigenvalue weighted by Gasteiger charge is -2.33. The maximum absolute atomic E-state index is 12.4. The average molecular weight is 236 g/mol. The number of amides is 1. The number of hydrogen-bond acceptors (Lipinski definition) is 2. The molecule has 1 fully saturated rings. The monoisotopic (exact) mass is 236 g/mol. The maximum atomic E-state index is 12.4. The fraction of sp³-hybridized carbons (Fsp3) is 0.857. The largest absolute Gasteiger partial charge is 0.339 e. The highest BCUT2D eigenvalue weighted by Crippen LogP contribution is 2.30. The predicted octanol–water partition coefficient (Wildman–Crippen LogP) is 2.96. The molecule has 0 saturated heterocycles. The molecule has 1 amide bonds. The first-order valence-corrected chi connectivity index (χ1v) is 6.73. The molecule has 1 aliphatic carbocycles. The lowest BCUT2D eigenvalue weighted by Crippen LogP contribution is -2.42. The molecule has 0 radical (unpaired) electrons. The van der Waals surface area contributed by atoms with E-state index in [0.717, 1.165) is 18.8 Å². The molecule has 1 rings (SSSR count). The lowest BCUT2D eigenvalue weighted by atomic mass is 9.82. The van der Waals surface area contributed by atoms with Crippen LogP contribution in [0.25, 0.3) is 0 Å². The molecule has 17 heavy (non-hydrogen) atoms. The molecule has 0 aliphatic heterocycles. The Balaban J connectivity index is 2.55. The van der Waals surface area contributed by atoms with E-state index >= 15 is 0 Å². The maximum Gasteiger partial charge on any atom is 0.225 e. The van der Waals surface area contributed by atoms with Crippen LogP contribution in [0.3, 0.4) is 0 Å². The van der Waals surface area contributed by atoms with Gasteiger partial charge in [-0.15, -0.1) is 0 Å². The molecule has 3 heteroatoms. The molecule has 0 aromatic carbocycles. The van der Waals surface area contributed by atoms with Crippen LogP contribution in [-0.4, -0.2) is 23.4 Å². The van der Waals surface area contributed by atoms with Crippen molar-refractivity contribution in [2.45, 2.75) is 58.9 Å². The summed E-state index contributed by atoms with van der Waals surface area (Å²) < 4.78 is 0. The van der Waals surface area contributed by atoms with Crippen LogP contribution in [0.4, 0.5) is 0 Å². The minimum atomic E-state index is 0.201. The normalized spacial score (nSPS) is 24.4. The Kier molecular flexibility index (Phi) is 5.47. The minimum absolute atomic E-state index is 0.201. The van der Waals surface area contributed by atoms with Crippen molar-refractivity contribution in [3.05, 3.63) is 0 Å². The number of carbonyl (C=O) groups is 1. The Bertz CT molecular complexity index is 285. The first-order chi connectivity index (χ1) is 8.06. The van der Waals surface area contributed by atoms with E-state index in [9.17, 15) is 4.79 Å². The Morgan fingerprint density at radius 2 is 1.94 bits per heavy atom. The molecule has 0 unspecified atom stereocenters. The molecule has 0 aromatic rings. The summed E-state index contributed by atoms with van der Waals surface area (Å²) in [5.74, 6) is 1.24. The summed E-state index contributed by atoms with van der Waals surface area (Å²) >= 11 is 0. The Morgan fingerprint density at radius 3 is 2.41 bits per heavy atom. The predicted molar refractivity (Wildman–Crippen MR) is 68.2 cm³/mol. The summed E-state index contributed by atoms with van der Waals surface area (Å²) in [7, 11) is 0. The minimum Gasteiger partial charge on any atom is -0.339 e. The lowest BCUT2D eigenvalue weighted by molar-refractivity contribution is -0.138. The van der Waals surface area contributed by atoms with E-state index in [2.05, 4.69) is 13.0 Å². The quantitative estimate of drug-likeness (QED) is 0.753. The zero-order valence-electron chi connectivity index (χ0n) is 11.3. The number of carbonyl (C=O) groups excluding carboxylic acids is 1. The number of nitrogens with zero attached hydrogens (tertiary/aromatic N) is 2. The molecular formula is C14H24N2O. The number of nitriles is 1. The summed E-state index contributed by atoms with van der Waals surface area (Å²) in [4.78, 5) is 14.2. The van der Waals surface area contributed by atoms with Gasteiger partial charge in [-0.3, -0.25) is 4.79 Å². The van der Waals surface area contributed by atoms with Crippen molar-refractivity contribution < 1.29 is 4.79 Å². The first-order valence-electron chi connectivity index (χ1n) is 6.73. The SMILES string of the molecule is CC1CCC(C(=O)N(CCC#N)C(C)C)CC1. The van der Waals surface area contributed by atoms with Gasteiger partial charge < -0.3 is 4.90 Å². The zero-order valence-corrected chi connectivity index (χ0v) is 11.3. The van der Waals surface area contributed by atoms with E-state index in [1.54, 1.807) is 0 Å². The summed E-state index contributed by atoms with van der Waals surface area (Å²) in [6, 6.07) is 2.33. The number of rotatable bonds is 4. The van der Waals surface area contributed by atoms with Crippen LogP contribution in [0.2, 0.25) is 0 Å². The molecule has 0 heterocycles.